The summed E-state index contributed by atoms with van der Waals surface area (Å²) < 4.78 is 31.1. The highest BCUT2D eigenvalue weighted by Gasteiger charge is 2.37. The van der Waals surface area contributed by atoms with E-state index in [4.69, 9.17) is 25.8 Å². The van der Waals surface area contributed by atoms with Crippen LogP contribution in [0.2, 0.25) is 5.02 Å². The molecule has 1 heterocycles. The molecular weight excluding hydrogens is 690 g/mol. The minimum Gasteiger partial charge on any atom is -0.493 e. The number of anilines is 1. The zero-order valence-corrected chi connectivity index (χ0v) is 25.5. The van der Waals surface area contributed by atoms with Crippen LogP contribution in [0.5, 0.6) is 17.2 Å². The Hall–Kier alpha value is -4.42. The second-order valence-corrected chi connectivity index (χ2v) is 10.9. The molecule has 1 aliphatic rings. The highest BCUT2D eigenvalue weighted by atomic mass is 127. The number of nitrogens with zero attached hydrogens (tertiary/aromatic N) is 1. The molecule has 4 amide bonds. The third kappa shape index (κ3) is 7.15. The summed E-state index contributed by atoms with van der Waals surface area (Å²) >= 11 is 7.98. The fourth-order valence-electron chi connectivity index (χ4n) is 4.20. The molecule has 218 valence electrons. The molecule has 1 N–H and O–H groups in total. The van der Waals surface area contributed by atoms with Crippen molar-refractivity contribution < 1.29 is 33.0 Å². The van der Waals surface area contributed by atoms with Crippen molar-refractivity contribution in [3.05, 3.63) is 122 Å². The van der Waals surface area contributed by atoms with Crippen molar-refractivity contribution in [2.75, 3.05) is 12.0 Å². The van der Waals surface area contributed by atoms with Gasteiger partial charge in [0.25, 0.3) is 11.8 Å². The van der Waals surface area contributed by atoms with Crippen LogP contribution in [0.15, 0.2) is 90.5 Å². The molecule has 1 saturated heterocycles. The molecule has 4 aromatic carbocycles. The van der Waals surface area contributed by atoms with Crippen LogP contribution in [0.25, 0.3) is 6.08 Å². The smallest absolute Gasteiger partial charge is 0.335 e. The van der Waals surface area contributed by atoms with E-state index in [2.05, 4.69) is 27.9 Å². The highest BCUT2D eigenvalue weighted by Crippen LogP contribution is 2.36. The summed E-state index contributed by atoms with van der Waals surface area (Å²) in [7, 11) is 1.47. The lowest BCUT2D eigenvalue weighted by atomic mass is 10.1. The molecule has 0 spiro atoms. The third-order valence-corrected chi connectivity index (χ3v) is 7.43. The van der Waals surface area contributed by atoms with E-state index in [1.54, 1.807) is 60.7 Å². The first-order valence-electron chi connectivity index (χ1n) is 12.9. The lowest BCUT2D eigenvalue weighted by Gasteiger charge is -2.26. The Morgan fingerprint density at radius 2 is 1.51 bits per heavy atom. The number of halogens is 3. The van der Waals surface area contributed by atoms with Gasteiger partial charge in [-0.15, -0.1) is 0 Å². The molecule has 0 unspecified atom stereocenters. The molecule has 8 nitrogen and oxygen atoms in total. The van der Waals surface area contributed by atoms with Crippen molar-refractivity contribution in [3.8, 4) is 17.2 Å². The quantitative estimate of drug-likeness (QED) is 0.115. The van der Waals surface area contributed by atoms with Gasteiger partial charge in [-0.3, -0.25) is 14.9 Å². The molecule has 5 rings (SSSR count). The third-order valence-electron chi connectivity index (χ3n) is 6.37. The minimum absolute atomic E-state index is 0.177. The Morgan fingerprint density at radius 3 is 2.16 bits per heavy atom. The summed E-state index contributed by atoms with van der Waals surface area (Å²) in [6.07, 6.45) is 1.38. The lowest BCUT2D eigenvalue weighted by molar-refractivity contribution is -0.122. The van der Waals surface area contributed by atoms with Gasteiger partial charge in [-0.1, -0.05) is 35.9 Å². The van der Waals surface area contributed by atoms with Gasteiger partial charge in [0, 0.05) is 5.02 Å². The number of hydrogen-bond donors (Lipinski definition) is 1. The predicted molar refractivity (Wildman–Crippen MR) is 168 cm³/mol. The summed E-state index contributed by atoms with van der Waals surface area (Å²) in [5, 5.41) is 2.85. The van der Waals surface area contributed by atoms with Crippen molar-refractivity contribution in [1.82, 2.24) is 5.32 Å². The molecule has 1 aliphatic heterocycles. The number of rotatable bonds is 9. The van der Waals surface area contributed by atoms with Crippen LogP contribution in [0.3, 0.4) is 0 Å². The number of barbiturate groups is 1. The largest absolute Gasteiger partial charge is 0.493 e. The average molecular weight is 713 g/mol. The Labute approximate surface area is 265 Å². The minimum atomic E-state index is -0.862. The van der Waals surface area contributed by atoms with Gasteiger partial charge in [0.05, 0.1) is 16.4 Å². The van der Waals surface area contributed by atoms with E-state index in [0.717, 1.165) is 16.0 Å². The summed E-state index contributed by atoms with van der Waals surface area (Å²) in [6.45, 7) is 0.482. The molecule has 0 saturated carbocycles. The van der Waals surface area contributed by atoms with E-state index in [1.807, 2.05) is 12.1 Å². The average Bonchev–Trinajstić information content (AvgIpc) is 2.99. The van der Waals surface area contributed by atoms with Crippen LogP contribution in [-0.4, -0.2) is 25.0 Å². The fourth-order valence-corrected chi connectivity index (χ4v) is 5.10. The molecule has 4 aromatic rings. The van der Waals surface area contributed by atoms with Gasteiger partial charge in [0.15, 0.2) is 11.5 Å². The van der Waals surface area contributed by atoms with Crippen molar-refractivity contribution in [3.63, 3.8) is 0 Å². The van der Waals surface area contributed by atoms with E-state index in [1.165, 1.54) is 25.3 Å². The van der Waals surface area contributed by atoms with Crippen LogP contribution in [0.1, 0.15) is 16.7 Å². The number of urea groups is 1. The maximum absolute atomic E-state index is 13.4. The summed E-state index contributed by atoms with van der Waals surface area (Å²) in [6, 6.07) is 22.0. The van der Waals surface area contributed by atoms with E-state index >= 15 is 0 Å². The highest BCUT2D eigenvalue weighted by molar-refractivity contribution is 14.1. The summed E-state index contributed by atoms with van der Waals surface area (Å²) in [5.74, 6) is -0.602. The summed E-state index contributed by atoms with van der Waals surface area (Å²) in [5.41, 5.74) is 2.19. The number of hydrogen-bond acceptors (Lipinski definition) is 6. The first-order valence-corrected chi connectivity index (χ1v) is 14.3. The number of carbonyl (C=O) groups is 3. The van der Waals surface area contributed by atoms with E-state index in [9.17, 15) is 18.8 Å². The van der Waals surface area contributed by atoms with Crippen LogP contribution >= 0.6 is 34.2 Å². The zero-order valence-electron chi connectivity index (χ0n) is 22.6. The van der Waals surface area contributed by atoms with Gasteiger partial charge in [0.1, 0.15) is 30.4 Å². The Kier molecular flexibility index (Phi) is 9.27. The molecule has 0 aromatic heterocycles. The molecule has 1 fully saturated rings. The van der Waals surface area contributed by atoms with Gasteiger partial charge < -0.3 is 14.2 Å². The van der Waals surface area contributed by atoms with E-state index in [-0.39, 0.29) is 23.7 Å². The van der Waals surface area contributed by atoms with Gasteiger partial charge >= 0.3 is 6.03 Å². The second-order valence-electron chi connectivity index (χ2n) is 9.32. The number of imide groups is 2. The molecule has 0 aliphatic carbocycles. The first-order chi connectivity index (χ1) is 20.7. The Balaban J connectivity index is 1.33. The first kappa shape index (κ1) is 30.1. The van der Waals surface area contributed by atoms with Crippen LogP contribution in [0, 0.1) is 9.39 Å². The summed E-state index contributed by atoms with van der Waals surface area (Å²) in [4.78, 5) is 39.7. The van der Waals surface area contributed by atoms with Gasteiger partial charge in [0.2, 0.25) is 0 Å². The number of ether oxygens (including phenoxy) is 3. The number of nitrogens with one attached hydrogen (secondary N) is 1. The molecule has 11 heteroatoms. The Morgan fingerprint density at radius 1 is 0.884 bits per heavy atom. The van der Waals surface area contributed by atoms with Crippen molar-refractivity contribution >= 4 is 63.8 Å². The SMILES string of the molecule is COc1cc(/C=C2\C(=O)NC(=O)N(c3ccc(OCc4ccc(Cl)cc4)cc3)C2=O)cc(I)c1OCc1ccc(F)cc1. The van der Waals surface area contributed by atoms with Gasteiger partial charge in [-0.25, -0.2) is 14.1 Å². The molecule has 43 heavy (non-hydrogen) atoms. The fraction of sp³-hybridized carbons (Fsp3) is 0.0938. The second kappa shape index (κ2) is 13.3. The van der Waals surface area contributed by atoms with Crippen LogP contribution < -0.4 is 24.4 Å². The normalized spacial score (nSPS) is 14.1. The topological polar surface area (TPSA) is 94.2 Å². The number of carbonyl (C=O) groups excluding carboxylic acids is 3. The number of methoxy groups -OCH3 is 1. The molecule has 0 bridgehead atoms. The van der Waals surface area contributed by atoms with Crippen LogP contribution in [0.4, 0.5) is 14.9 Å². The number of benzene rings is 4. The Bertz CT molecular complexity index is 1710. The molecular formula is C32H23ClFIN2O6. The lowest BCUT2D eigenvalue weighted by Crippen LogP contribution is -2.54. The van der Waals surface area contributed by atoms with E-state index in [0.29, 0.717) is 38.0 Å². The predicted octanol–water partition coefficient (Wildman–Crippen LogP) is 6.92. The zero-order chi connectivity index (χ0) is 30.5. The standard InChI is InChI=1S/C32H23ClFIN2O6/c1-41-28-16-21(15-27(35)29(28)43-18-20-4-8-23(34)9-5-20)14-26-30(38)36-32(40)37(31(26)39)24-10-12-25(13-11-24)42-17-19-2-6-22(33)7-3-19/h2-16H,17-18H2,1H3,(H,36,38,40)/b26-14+. The van der Waals surface area contributed by atoms with Crippen molar-refractivity contribution in [1.29, 1.82) is 0 Å². The van der Waals surface area contributed by atoms with Crippen molar-refractivity contribution in [2.24, 2.45) is 0 Å². The number of amides is 4. The molecule has 0 atom stereocenters. The monoisotopic (exact) mass is 712 g/mol. The van der Waals surface area contributed by atoms with Gasteiger partial charge in [-0.2, -0.15) is 0 Å². The van der Waals surface area contributed by atoms with E-state index < -0.39 is 17.8 Å². The van der Waals surface area contributed by atoms with Gasteiger partial charge in [-0.05, 0) is 106 Å². The van der Waals surface area contributed by atoms with Crippen LogP contribution in [-0.2, 0) is 22.8 Å². The maximum atomic E-state index is 13.4. The maximum Gasteiger partial charge on any atom is 0.335 e. The van der Waals surface area contributed by atoms with Crippen molar-refractivity contribution in [2.45, 2.75) is 13.2 Å². The molecule has 0 radical (unpaired) electrons.